The Bertz CT molecular complexity index is 1460. The molecule has 0 bridgehead atoms. The predicted octanol–water partition coefficient (Wildman–Crippen LogP) is 3.06. The molecule has 192 valence electrons. The molecule has 1 aromatic carbocycles. The molecular formula is C23H18F4N6O3S. The molecule has 14 heteroatoms. The summed E-state index contributed by atoms with van der Waals surface area (Å²) in [6.45, 7) is -0.296. The molecule has 0 spiro atoms. The number of hydrogen-bond acceptors (Lipinski definition) is 7. The van der Waals surface area contributed by atoms with Crippen molar-refractivity contribution in [3.63, 3.8) is 0 Å². The maximum absolute atomic E-state index is 13.3. The molecule has 3 heterocycles. The molecule has 3 aromatic rings. The van der Waals surface area contributed by atoms with Gasteiger partial charge in [-0.05, 0) is 55.3 Å². The average molecular weight is 534 g/mol. The van der Waals surface area contributed by atoms with E-state index in [1.165, 1.54) is 12.1 Å². The third-order valence-electron chi connectivity index (χ3n) is 5.79. The van der Waals surface area contributed by atoms with Crippen LogP contribution in [-0.2, 0) is 27.5 Å². The van der Waals surface area contributed by atoms with Crippen LogP contribution in [0.4, 0.5) is 17.6 Å². The van der Waals surface area contributed by atoms with E-state index >= 15 is 0 Å². The molecule has 1 amide bonds. The average Bonchev–Trinajstić information content (AvgIpc) is 3.34. The number of hydrogen-bond donors (Lipinski definition) is 1. The second-order valence-electron chi connectivity index (χ2n) is 8.11. The molecule has 1 aliphatic rings. The first-order valence-corrected chi connectivity index (χ1v) is 12.2. The number of sulfonamides is 1. The highest BCUT2D eigenvalue weighted by Crippen LogP contribution is 2.35. The van der Waals surface area contributed by atoms with Crippen LogP contribution in [0, 0.1) is 17.1 Å². The Morgan fingerprint density at radius 2 is 1.86 bits per heavy atom. The Morgan fingerprint density at radius 1 is 1.14 bits per heavy atom. The SMILES string of the molecule is N#CC1(C(=O)NCc2cc(-c3ccc(C(F)(F)F)nc3)ncn2)CCCN1S(=O)(=O)c1ccc(F)cc1. The summed E-state index contributed by atoms with van der Waals surface area (Å²) in [5, 5.41) is 12.4. The molecule has 1 unspecified atom stereocenters. The van der Waals surface area contributed by atoms with Crippen LogP contribution in [0.1, 0.15) is 24.2 Å². The Hall–Kier alpha value is -3.96. The summed E-state index contributed by atoms with van der Waals surface area (Å²) in [5.74, 6) is -1.50. The molecule has 1 N–H and O–H groups in total. The van der Waals surface area contributed by atoms with Crippen molar-refractivity contribution in [1.82, 2.24) is 24.6 Å². The van der Waals surface area contributed by atoms with E-state index in [2.05, 4.69) is 20.3 Å². The van der Waals surface area contributed by atoms with E-state index in [9.17, 15) is 36.0 Å². The number of alkyl halides is 3. The zero-order chi connectivity index (χ0) is 26.8. The van der Waals surface area contributed by atoms with E-state index in [0.717, 1.165) is 47.2 Å². The van der Waals surface area contributed by atoms with Gasteiger partial charge in [0.25, 0.3) is 5.91 Å². The summed E-state index contributed by atoms with van der Waals surface area (Å²) >= 11 is 0. The van der Waals surface area contributed by atoms with Gasteiger partial charge in [-0.15, -0.1) is 0 Å². The van der Waals surface area contributed by atoms with E-state index in [-0.39, 0.29) is 47.8 Å². The molecule has 2 aromatic heterocycles. The van der Waals surface area contributed by atoms with E-state index < -0.39 is 39.2 Å². The van der Waals surface area contributed by atoms with Crippen molar-refractivity contribution in [1.29, 1.82) is 5.26 Å². The maximum Gasteiger partial charge on any atom is 0.433 e. The Kier molecular flexibility index (Phi) is 6.94. The number of pyridine rings is 1. The molecule has 0 radical (unpaired) electrons. The van der Waals surface area contributed by atoms with Crippen LogP contribution in [0.2, 0.25) is 0 Å². The monoisotopic (exact) mass is 534 g/mol. The van der Waals surface area contributed by atoms with E-state index in [0.29, 0.717) is 0 Å². The van der Waals surface area contributed by atoms with Gasteiger partial charge in [0.1, 0.15) is 17.8 Å². The zero-order valence-corrected chi connectivity index (χ0v) is 19.7. The second kappa shape index (κ2) is 9.83. The third-order valence-corrected chi connectivity index (χ3v) is 7.73. The van der Waals surface area contributed by atoms with Crippen LogP contribution >= 0.6 is 0 Å². The molecule has 1 aliphatic heterocycles. The summed E-state index contributed by atoms with van der Waals surface area (Å²) in [7, 11) is -4.29. The van der Waals surface area contributed by atoms with Gasteiger partial charge in [0.15, 0.2) is 0 Å². The number of halogens is 4. The van der Waals surface area contributed by atoms with Crippen LogP contribution in [-0.4, -0.2) is 45.7 Å². The number of carbonyl (C=O) groups is 1. The topological polar surface area (TPSA) is 129 Å². The number of rotatable bonds is 6. The largest absolute Gasteiger partial charge is 0.433 e. The summed E-state index contributed by atoms with van der Waals surface area (Å²) in [4.78, 5) is 24.3. The Morgan fingerprint density at radius 3 is 2.49 bits per heavy atom. The lowest BCUT2D eigenvalue weighted by Gasteiger charge is -2.30. The van der Waals surface area contributed by atoms with Crippen molar-refractivity contribution in [3.8, 4) is 17.3 Å². The number of nitriles is 1. The van der Waals surface area contributed by atoms with Crippen molar-refractivity contribution in [2.24, 2.45) is 0 Å². The zero-order valence-electron chi connectivity index (χ0n) is 18.9. The number of amides is 1. The first-order chi connectivity index (χ1) is 17.5. The van der Waals surface area contributed by atoms with Crippen LogP contribution in [0.25, 0.3) is 11.3 Å². The van der Waals surface area contributed by atoms with Gasteiger partial charge in [0, 0.05) is 18.3 Å². The fourth-order valence-electron chi connectivity index (χ4n) is 3.92. The number of carbonyl (C=O) groups excluding carboxylic acids is 1. The molecule has 9 nitrogen and oxygen atoms in total. The van der Waals surface area contributed by atoms with Crippen LogP contribution in [0.15, 0.2) is 59.9 Å². The van der Waals surface area contributed by atoms with Gasteiger partial charge >= 0.3 is 6.18 Å². The van der Waals surface area contributed by atoms with E-state index in [1.807, 2.05) is 6.07 Å². The smallest absolute Gasteiger partial charge is 0.348 e. The molecule has 0 saturated carbocycles. The highest BCUT2D eigenvalue weighted by Gasteiger charge is 2.53. The molecule has 1 atom stereocenters. The standard InChI is InChI=1S/C23H18F4N6O3S/c24-16-3-5-18(6-4-16)37(35,36)33-9-1-8-22(33,13-28)21(34)30-12-17-10-19(32-14-31-17)15-2-7-20(29-11-15)23(25,26)27/h2-7,10-11,14H,1,8-9,12H2,(H,30,34). The Labute approximate surface area is 208 Å². The van der Waals surface area contributed by atoms with Gasteiger partial charge in [-0.2, -0.15) is 22.7 Å². The van der Waals surface area contributed by atoms with Crippen molar-refractivity contribution >= 4 is 15.9 Å². The maximum atomic E-state index is 13.3. The van der Waals surface area contributed by atoms with E-state index in [4.69, 9.17) is 0 Å². The van der Waals surface area contributed by atoms with Crippen LogP contribution in [0.3, 0.4) is 0 Å². The minimum atomic E-state index is -4.59. The third kappa shape index (κ3) is 5.13. The lowest BCUT2D eigenvalue weighted by Crippen LogP contribution is -2.56. The van der Waals surface area contributed by atoms with Crippen molar-refractivity contribution in [2.45, 2.75) is 36.0 Å². The summed E-state index contributed by atoms with van der Waals surface area (Å²) < 4.78 is 78.7. The lowest BCUT2D eigenvalue weighted by atomic mass is 9.98. The summed E-state index contributed by atoms with van der Waals surface area (Å²) in [6, 6.07) is 9.31. The first-order valence-electron chi connectivity index (χ1n) is 10.8. The van der Waals surface area contributed by atoms with Gasteiger partial charge in [-0.1, -0.05) is 0 Å². The Balaban J connectivity index is 1.52. The molecule has 37 heavy (non-hydrogen) atoms. The van der Waals surface area contributed by atoms with Crippen LogP contribution in [0.5, 0.6) is 0 Å². The number of benzene rings is 1. The quantitative estimate of drug-likeness (QED) is 0.481. The normalized spacial score (nSPS) is 18.4. The number of nitrogens with one attached hydrogen (secondary N) is 1. The fraction of sp³-hybridized carbons (Fsp3) is 0.261. The molecule has 0 aliphatic carbocycles. The predicted molar refractivity (Wildman–Crippen MR) is 120 cm³/mol. The molecule has 1 saturated heterocycles. The van der Waals surface area contributed by atoms with Crippen molar-refractivity contribution in [2.75, 3.05) is 6.54 Å². The van der Waals surface area contributed by atoms with Crippen molar-refractivity contribution < 1.29 is 30.8 Å². The van der Waals surface area contributed by atoms with Gasteiger partial charge in [-0.25, -0.2) is 22.8 Å². The molecule has 1 fully saturated rings. The molecule has 4 rings (SSSR count). The molecular weight excluding hydrogens is 516 g/mol. The van der Waals surface area contributed by atoms with E-state index in [1.54, 1.807) is 0 Å². The highest BCUT2D eigenvalue weighted by atomic mass is 32.2. The highest BCUT2D eigenvalue weighted by molar-refractivity contribution is 7.89. The number of aromatic nitrogens is 3. The first kappa shape index (κ1) is 26.1. The van der Waals surface area contributed by atoms with Gasteiger partial charge in [-0.3, -0.25) is 9.78 Å². The fourth-order valence-corrected chi connectivity index (χ4v) is 5.65. The van der Waals surface area contributed by atoms with Gasteiger partial charge in [0.05, 0.1) is 28.9 Å². The minimum absolute atomic E-state index is 0.0536. The minimum Gasteiger partial charge on any atom is -0.348 e. The summed E-state index contributed by atoms with van der Waals surface area (Å²) in [6.07, 6.45) is -2.24. The summed E-state index contributed by atoms with van der Waals surface area (Å²) in [5.41, 5.74) is -2.30. The van der Waals surface area contributed by atoms with Gasteiger partial charge < -0.3 is 5.32 Å². The van der Waals surface area contributed by atoms with Crippen LogP contribution < -0.4 is 5.32 Å². The number of nitrogens with zero attached hydrogens (tertiary/aromatic N) is 5. The lowest BCUT2D eigenvalue weighted by molar-refractivity contribution is -0.141. The van der Waals surface area contributed by atoms with Gasteiger partial charge in [0.2, 0.25) is 15.6 Å². The second-order valence-corrected chi connectivity index (χ2v) is 9.98. The van der Waals surface area contributed by atoms with Crippen molar-refractivity contribution in [3.05, 3.63) is 72.2 Å².